The summed E-state index contributed by atoms with van der Waals surface area (Å²) in [6, 6.07) is 3.77. The van der Waals surface area contributed by atoms with Crippen LogP contribution in [0.5, 0.6) is 5.75 Å². The summed E-state index contributed by atoms with van der Waals surface area (Å²) in [5.41, 5.74) is 2.01. The highest BCUT2D eigenvalue weighted by Crippen LogP contribution is 2.34. The van der Waals surface area contributed by atoms with Crippen LogP contribution in [-0.2, 0) is 26.6 Å². The van der Waals surface area contributed by atoms with Crippen LogP contribution < -0.4 is 4.74 Å². The van der Waals surface area contributed by atoms with Gasteiger partial charge in [0.2, 0.25) is 0 Å². The van der Waals surface area contributed by atoms with Gasteiger partial charge in [-0.2, -0.15) is 11.8 Å². The molecule has 0 radical (unpaired) electrons. The third-order valence-corrected chi connectivity index (χ3v) is 4.39. The minimum Gasteiger partial charge on any atom is -0.469 e. The molecule has 0 aliphatic carbocycles. The number of ether oxygens (including phenoxy) is 3. The molecule has 1 aromatic rings. The van der Waals surface area contributed by atoms with E-state index in [9.17, 15) is 4.79 Å². The Balaban J connectivity index is 2.02. The number of carbonyl (C=O) groups is 1. The molecule has 0 amide bonds. The molecule has 0 saturated heterocycles. The first-order valence-electron chi connectivity index (χ1n) is 6.30. The first-order valence-corrected chi connectivity index (χ1v) is 7.73. The summed E-state index contributed by atoms with van der Waals surface area (Å²) in [4.78, 5) is 11.2. The van der Waals surface area contributed by atoms with Crippen molar-refractivity contribution in [2.45, 2.75) is 31.0 Å². The fourth-order valence-corrected chi connectivity index (χ4v) is 3.17. The third kappa shape index (κ3) is 4.04. The van der Waals surface area contributed by atoms with Gasteiger partial charge in [-0.25, -0.2) is 0 Å². The van der Waals surface area contributed by atoms with E-state index in [2.05, 4.69) is 4.74 Å². The maximum Gasteiger partial charge on any atom is 0.306 e. The van der Waals surface area contributed by atoms with Crippen molar-refractivity contribution in [3.05, 3.63) is 28.3 Å². The van der Waals surface area contributed by atoms with Gasteiger partial charge in [-0.15, -0.1) is 0 Å². The molecule has 0 aromatic heterocycles. The van der Waals surface area contributed by atoms with E-state index in [1.54, 1.807) is 11.8 Å². The van der Waals surface area contributed by atoms with Crippen LogP contribution in [0.25, 0.3) is 0 Å². The number of esters is 1. The van der Waals surface area contributed by atoms with Crippen LogP contribution in [0.15, 0.2) is 12.1 Å². The number of halogens is 1. The molecule has 20 heavy (non-hydrogen) atoms. The summed E-state index contributed by atoms with van der Waals surface area (Å²) in [5, 5.41) is 0.853. The van der Waals surface area contributed by atoms with Crippen molar-refractivity contribution in [1.82, 2.24) is 0 Å². The van der Waals surface area contributed by atoms with E-state index in [0.29, 0.717) is 18.1 Å². The fraction of sp³-hybridized carbons (Fsp3) is 0.500. The zero-order valence-corrected chi connectivity index (χ0v) is 13.1. The molecule has 1 aliphatic heterocycles. The fourth-order valence-electron chi connectivity index (χ4n) is 1.97. The van der Waals surface area contributed by atoms with Gasteiger partial charge in [-0.3, -0.25) is 4.79 Å². The average molecular weight is 317 g/mol. The molecule has 110 valence electrons. The molecule has 4 nitrogen and oxygen atoms in total. The first kappa shape index (κ1) is 15.5. The summed E-state index contributed by atoms with van der Waals surface area (Å²) >= 11 is 7.78. The zero-order valence-electron chi connectivity index (χ0n) is 11.5. The van der Waals surface area contributed by atoms with Crippen LogP contribution >= 0.6 is 23.4 Å². The predicted octanol–water partition coefficient (Wildman–Crippen LogP) is 3.39. The molecule has 2 rings (SSSR count). The molecule has 0 bridgehead atoms. The molecule has 6 heteroatoms. The second kappa shape index (κ2) is 7.20. The number of fused-ring (bicyclic) bond motifs is 1. The van der Waals surface area contributed by atoms with E-state index in [1.807, 2.05) is 19.1 Å². The van der Waals surface area contributed by atoms with Crippen LogP contribution in [0.2, 0.25) is 5.02 Å². The van der Waals surface area contributed by atoms with Crippen LogP contribution in [0.4, 0.5) is 0 Å². The van der Waals surface area contributed by atoms with Gasteiger partial charge in [0, 0.05) is 27.2 Å². The van der Waals surface area contributed by atoms with Crippen molar-refractivity contribution in [3.63, 3.8) is 0 Å². The standard InChI is InChI=1S/C14H17ClO4S/c1-9(3-13(16)17-2)20-7-11-5-12(15)4-10-6-18-8-19-14(10)11/h4-5,9H,3,6-8H2,1-2H3. The number of benzene rings is 1. The minimum absolute atomic E-state index is 0.178. The molecule has 0 fully saturated rings. The van der Waals surface area contributed by atoms with E-state index in [4.69, 9.17) is 21.1 Å². The van der Waals surface area contributed by atoms with Gasteiger partial charge < -0.3 is 14.2 Å². The predicted molar refractivity (Wildman–Crippen MR) is 79.1 cm³/mol. The maximum absolute atomic E-state index is 11.2. The second-order valence-electron chi connectivity index (χ2n) is 4.57. The van der Waals surface area contributed by atoms with Crippen molar-refractivity contribution < 1.29 is 19.0 Å². The van der Waals surface area contributed by atoms with E-state index >= 15 is 0 Å². The monoisotopic (exact) mass is 316 g/mol. The lowest BCUT2D eigenvalue weighted by Crippen LogP contribution is -2.13. The Hall–Kier alpha value is -0.910. The lowest BCUT2D eigenvalue weighted by atomic mass is 10.1. The summed E-state index contributed by atoms with van der Waals surface area (Å²) in [5.74, 6) is 1.40. The van der Waals surface area contributed by atoms with Crippen molar-refractivity contribution >= 4 is 29.3 Å². The van der Waals surface area contributed by atoms with Crippen LogP contribution in [0.3, 0.4) is 0 Å². The Morgan fingerprint density at radius 1 is 1.55 bits per heavy atom. The van der Waals surface area contributed by atoms with Crippen molar-refractivity contribution in [3.8, 4) is 5.75 Å². The minimum atomic E-state index is -0.192. The molecule has 1 atom stereocenters. The van der Waals surface area contributed by atoms with Gasteiger partial charge >= 0.3 is 5.97 Å². The first-order chi connectivity index (χ1) is 9.60. The van der Waals surface area contributed by atoms with Gasteiger partial charge in [0.05, 0.1) is 20.1 Å². The quantitative estimate of drug-likeness (QED) is 0.779. The summed E-state index contributed by atoms with van der Waals surface area (Å²) in [7, 11) is 1.40. The highest BCUT2D eigenvalue weighted by Gasteiger charge is 2.18. The number of methoxy groups -OCH3 is 1. The Morgan fingerprint density at radius 2 is 2.35 bits per heavy atom. The van der Waals surface area contributed by atoms with E-state index in [-0.39, 0.29) is 18.0 Å². The Bertz CT molecular complexity index is 492. The maximum atomic E-state index is 11.2. The van der Waals surface area contributed by atoms with Crippen molar-refractivity contribution in [2.75, 3.05) is 13.9 Å². The molecule has 1 aromatic carbocycles. The number of hydrogen-bond acceptors (Lipinski definition) is 5. The lowest BCUT2D eigenvalue weighted by molar-refractivity contribution is -0.140. The Kier molecular flexibility index (Phi) is 5.57. The number of hydrogen-bond donors (Lipinski definition) is 0. The van der Waals surface area contributed by atoms with Crippen molar-refractivity contribution in [1.29, 1.82) is 0 Å². The molecule has 0 N–H and O–H groups in total. The van der Waals surface area contributed by atoms with E-state index in [1.165, 1.54) is 7.11 Å². The Labute approximate surface area is 127 Å². The normalized spacial score (nSPS) is 15.2. The van der Waals surface area contributed by atoms with E-state index in [0.717, 1.165) is 22.6 Å². The molecule has 0 saturated carbocycles. The smallest absolute Gasteiger partial charge is 0.306 e. The number of thioether (sulfide) groups is 1. The molecular weight excluding hydrogens is 300 g/mol. The molecule has 0 spiro atoms. The largest absolute Gasteiger partial charge is 0.469 e. The highest BCUT2D eigenvalue weighted by molar-refractivity contribution is 7.99. The zero-order chi connectivity index (χ0) is 14.5. The van der Waals surface area contributed by atoms with Crippen molar-refractivity contribution in [2.24, 2.45) is 0 Å². The number of carbonyl (C=O) groups excluding carboxylic acids is 1. The average Bonchev–Trinajstić information content (AvgIpc) is 2.44. The summed E-state index contributed by atoms with van der Waals surface area (Å²) < 4.78 is 15.5. The van der Waals surface area contributed by atoms with E-state index < -0.39 is 0 Å². The van der Waals surface area contributed by atoms with Gasteiger partial charge in [0.1, 0.15) is 5.75 Å². The summed E-state index contributed by atoms with van der Waals surface area (Å²) in [6.45, 7) is 2.79. The Morgan fingerprint density at radius 3 is 3.10 bits per heavy atom. The highest BCUT2D eigenvalue weighted by atomic mass is 35.5. The van der Waals surface area contributed by atoms with Gasteiger partial charge in [-0.05, 0) is 12.1 Å². The third-order valence-electron chi connectivity index (χ3n) is 2.96. The SMILES string of the molecule is COC(=O)CC(C)SCc1cc(Cl)cc2c1OCOC2. The van der Waals surface area contributed by atoms with Gasteiger partial charge in [0.15, 0.2) is 6.79 Å². The second-order valence-corrected chi connectivity index (χ2v) is 6.43. The topological polar surface area (TPSA) is 44.8 Å². The molecular formula is C14H17ClO4S. The summed E-state index contributed by atoms with van der Waals surface area (Å²) in [6.07, 6.45) is 0.397. The van der Waals surface area contributed by atoms with Gasteiger partial charge in [-0.1, -0.05) is 18.5 Å². The van der Waals surface area contributed by atoms with Crippen LogP contribution in [-0.4, -0.2) is 25.1 Å². The van der Waals surface area contributed by atoms with Crippen LogP contribution in [0, 0.1) is 0 Å². The number of rotatable bonds is 5. The molecule has 1 heterocycles. The lowest BCUT2D eigenvalue weighted by Gasteiger charge is -2.21. The molecule has 1 aliphatic rings. The van der Waals surface area contributed by atoms with Gasteiger partial charge in [0.25, 0.3) is 0 Å². The molecule has 1 unspecified atom stereocenters. The van der Waals surface area contributed by atoms with Crippen LogP contribution in [0.1, 0.15) is 24.5 Å².